The fourth-order valence-corrected chi connectivity index (χ4v) is 3.83. The van der Waals surface area contributed by atoms with Crippen molar-refractivity contribution >= 4 is 27.3 Å². The van der Waals surface area contributed by atoms with Gasteiger partial charge in [-0.05, 0) is 67.4 Å². The predicted molar refractivity (Wildman–Crippen MR) is 86.9 cm³/mol. The van der Waals surface area contributed by atoms with E-state index in [4.69, 9.17) is 0 Å². The molecule has 1 aromatic rings. The first-order valence-electron chi connectivity index (χ1n) is 6.97. The summed E-state index contributed by atoms with van der Waals surface area (Å²) in [7, 11) is 4.29. The molecule has 0 saturated carbocycles. The van der Waals surface area contributed by atoms with Crippen molar-refractivity contribution in [3.05, 3.63) is 20.8 Å². The molecule has 19 heavy (non-hydrogen) atoms. The van der Waals surface area contributed by atoms with E-state index in [1.54, 1.807) is 0 Å². The van der Waals surface area contributed by atoms with E-state index in [1.165, 1.54) is 48.4 Å². The van der Waals surface area contributed by atoms with Crippen molar-refractivity contribution in [2.24, 2.45) is 0 Å². The van der Waals surface area contributed by atoms with Gasteiger partial charge in [-0.3, -0.25) is 0 Å². The number of rotatable bonds is 6. The number of thiophene rings is 1. The molecule has 0 atom stereocenters. The Hall–Kier alpha value is 0.0600. The van der Waals surface area contributed by atoms with E-state index in [1.807, 2.05) is 11.3 Å². The number of nitrogens with one attached hydrogen (secondary N) is 1. The smallest absolute Gasteiger partial charge is 0.0327 e. The normalized spacial score (nSPS) is 18.3. The largest absolute Gasteiger partial charge is 0.309 e. The van der Waals surface area contributed by atoms with Crippen molar-refractivity contribution in [1.82, 2.24) is 15.1 Å². The first kappa shape index (κ1) is 15.4. The van der Waals surface area contributed by atoms with Crippen LogP contribution in [0.2, 0.25) is 0 Å². The summed E-state index contributed by atoms with van der Waals surface area (Å²) in [6.45, 7) is 5.84. The number of likely N-dealkylation sites (tertiary alicyclic amines) is 1. The summed E-state index contributed by atoms with van der Waals surface area (Å²) in [6, 6.07) is 2.82. The zero-order valence-electron chi connectivity index (χ0n) is 11.9. The van der Waals surface area contributed by atoms with Crippen LogP contribution in [0.5, 0.6) is 0 Å². The standard InChI is InChI=1S/C14H24BrN3S/c1-17(2)8-9-18-6-3-12(4-7-18)16-11-14-13(15)5-10-19-14/h5,10,12,16H,3-4,6-9,11H2,1-2H3. The first-order valence-corrected chi connectivity index (χ1v) is 8.65. The van der Waals surface area contributed by atoms with Crippen LogP contribution in [0.15, 0.2) is 15.9 Å². The second-order valence-corrected chi connectivity index (χ2v) is 7.35. The Morgan fingerprint density at radius 1 is 1.42 bits per heavy atom. The number of likely N-dealkylation sites (N-methyl/N-ethyl adjacent to an activating group) is 1. The molecule has 0 radical (unpaired) electrons. The molecule has 0 unspecified atom stereocenters. The van der Waals surface area contributed by atoms with Crippen molar-refractivity contribution in [3.63, 3.8) is 0 Å². The van der Waals surface area contributed by atoms with Gasteiger partial charge in [0, 0.05) is 35.0 Å². The SMILES string of the molecule is CN(C)CCN1CCC(NCc2sccc2Br)CC1. The number of hydrogen-bond donors (Lipinski definition) is 1. The third kappa shape index (κ3) is 5.16. The number of piperidine rings is 1. The summed E-state index contributed by atoms with van der Waals surface area (Å²) in [5.74, 6) is 0. The maximum absolute atomic E-state index is 3.69. The monoisotopic (exact) mass is 345 g/mol. The van der Waals surface area contributed by atoms with Gasteiger partial charge in [-0.25, -0.2) is 0 Å². The first-order chi connectivity index (χ1) is 9.15. The minimum Gasteiger partial charge on any atom is -0.309 e. The van der Waals surface area contributed by atoms with Crippen LogP contribution in [-0.4, -0.2) is 56.1 Å². The minimum absolute atomic E-state index is 0.685. The number of halogens is 1. The van der Waals surface area contributed by atoms with Gasteiger partial charge in [-0.15, -0.1) is 11.3 Å². The van der Waals surface area contributed by atoms with Crippen LogP contribution >= 0.6 is 27.3 Å². The maximum Gasteiger partial charge on any atom is 0.0327 e. The molecule has 0 spiro atoms. The van der Waals surface area contributed by atoms with Gasteiger partial charge in [0.05, 0.1) is 0 Å². The van der Waals surface area contributed by atoms with E-state index in [2.05, 4.69) is 56.6 Å². The predicted octanol–water partition coefficient (Wildman–Crippen LogP) is 2.63. The van der Waals surface area contributed by atoms with Gasteiger partial charge in [0.25, 0.3) is 0 Å². The van der Waals surface area contributed by atoms with Crippen LogP contribution in [0, 0.1) is 0 Å². The number of hydrogen-bond acceptors (Lipinski definition) is 4. The molecule has 1 N–H and O–H groups in total. The molecule has 5 heteroatoms. The van der Waals surface area contributed by atoms with E-state index in [9.17, 15) is 0 Å². The van der Waals surface area contributed by atoms with Crippen LogP contribution in [0.3, 0.4) is 0 Å². The second-order valence-electron chi connectivity index (χ2n) is 5.49. The molecule has 1 aliphatic heterocycles. The molecular formula is C14H24BrN3S. The van der Waals surface area contributed by atoms with Gasteiger partial charge in [0.15, 0.2) is 0 Å². The lowest BCUT2D eigenvalue weighted by atomic mass is 10.1. The zero-order valence-corrected chi connectivity index (χ0v) is 14.3. The van der Waals surface area contributed by atoms with E-state index < -0.39 is 0 Å². The van der Waals surface area contributed by atoms with Crippen LogP contribution in [-0.2, 0) is 6.54 Å². The average molecular weight is 346 g/mol. The average Bonchev–Trinajstić information content (AvgIpc) is 2.81. The molecule has 1 aromatic heterocycles. The van der Waals surface area contributed by atoms with E-state index >= 15 is 0 Å². The van der Waals surface area contributed by atoms with Crippen molar-refractivity contribution in [1.29, 1.82) is 0 Å². The van der Waals surface area contributed by atoms with Crippen molar-refractivity contribution in [2.75, 3.05) is 40.3 Å². The van der Waals surface area contributed by atoms with Crippen LogP contribution in [0.4, 0.5) is 0 Å². The third-order valence-electron chi connectivity index (χ3n) is 3.69. The van der Waals surface area contributed by atoms with E-state index in [0.29, 0.717) is 6.04 Å². The lowest BCUT2D eigenvalue weighted by Crippen LogP contribution is -2.44. The molecule has 3 nitrogen and oxygen atoms in total. The molecule has 1 saturated heterocycles. The van der Waals surface area contributed by atoms with Gasteiger partial charge in [-0.2, -0.15) is 0 Å². The van der Waals surface area contributed by atoms with Crippen LogP contribution in [0.1, 0.15) is 17.7 Å². The van der Waals surface area contributed by atoms with Gasteiger partial charge in [0.2, 0.25) is 0 Å². The Labute approximate surface area is 129 Å². The highest BCUT2D eigenvalue weighted by Crippen LogP contribution is 2.22. The van der Waals surface area contributed by atoms with E-state index in [0.717, 1.165) is 6.54 Å². The van der Waals surface area contributed by atoms with Gasteiger partial charge in [-0.1, -0.05) is 0 Å². The topological polar surface area (TPSA) is 18.5 Å². The molecule has 1 fully saturated rings. The number of nitrogens with zero attached hydrogens (tertiary/aromatic N) is 2. The lowest BCUT2D eigenvalue weighted by Gasteiger charge is -2.33. The summed E-state index contributed by atoms with van der Waals surface area (Å²) in [4.78, 5) is 6.26. The Kier molecular flexibility index (Phi) is 6.29. The molecule has 2 heterocycles. The Morgan fingerprint density at radius 3 is 2.74 bits per heavy atom. The summed E-state index contributed by atoms with van der Waals surface area (Å²) < 4.78 is 1.24. The van der Waals surface area contributed by atoms with Crippen molar-refractivity contribution in [3.8, 4) is 0 Å². The molecule has 0 amide bonds. The van der Waals surface area contributed by atoms with Crippen molar-refractivity contribution in [2.45, 2.75) is 25.4 Å². The molecule has 0 aliphatic carbocycles. The molecule has 108 valence electrons. The summed E-state index contributed by atoms with van der Waals surface area (Å²) >= 11 is 5.42. The lowest BCUT2D eigenvalue weighted by molar-refractivity contribution is 0.182. The van der Waals surface area contributed by atoms with Gasteiger partial charge >= 0.3 is 0 Å². The van der Waals surface area contributed by atoms with E-state index in [-0.39, 0.29) is 0 Å². The molecule has 0 bridgehead atoms. The zero-order chi connectivity index (χ0) is 13.7. The highest BCUT2D eigenvalue weighted by atomic mass is 79.9. The van der Waals surface area contributed by atoms with Gasteiger partial charge in [0.1, 0.15) is 0 Å². The maximum atomic E-state index is 3.69. The Morgan fingerprint density at radius 2 is 2.16 bits per heavy atom. The Bertz CT molecular complexity index is 373. The van der Waals surface area contributed by atoms with Gasteiger partial charge < -0.3 is 15.1 Å². The molecule has 0 aromatic carbocycles. The molecular weight excluding hydrogens is 322 g/mol. The highest BCUT2D eigenvalue weighted by Gasteiger charge is 2.18. The summed E-state index contributed by atoms with van der Waals surface area (Å²) in [5, 5.41) is 5.84. The summed E-state index contributed by atoms with van der Waals surface area (Å²) in [5.41, 5.74) is 0. The van der Waals surface area contributed by atoms with Crippen molar-refractivity contribution < 1.29 is 0 Å². The molecule has 1 aliphatic rings. The summed E-state index contributed by atoms with van der Waals surface area (Å²) in [6.07, 6.45) is 2.55. The Balaban J connectivity index is 1.65. The highest BCUT2D eigenvalue weighted by molar-refractivity contribution is 9.10. The third-order valence-corrected chi connectivity index (χ3v) is 5.62. The van der Waals surface area contributed by atoms with Crippen LogP contribution in [0.25, 0.3) is 0 Å². The fourth-order valence-electron chi connectivity index (χ4n) is 2.39. The quantitative estimate of drug-likeness (QED) is 0.854. The minimum atomic E-state index is 0.685. The fraction of sp³-hybridized carbons (Fsp3) is 0.714. The second kappa shape index (κ2) is 7.74. The molecule has 2 rings (SSSR count). The van der Waals surface area contributed by atoms with Crippen LogP contribution < -0.4 is 5.32 Å².